The minimum absolute atomic E-state index is 0.617. The van der Waals surface area contributed by atoms with Gasteiger partial charge in [0.25, 0.3) is 0 Å². The molecular formula is C9H14ClNS. The van der Waals surface area contributed by atoms with E-state index in [1.165, 1.54) is 4.88 Å². The largest absolute Gasteiger partial charge is 0.250 e. The monoisotopic (exact) mass is 203 g/mol. The number of alkyl halides is 1. The highest BCUT2D eigenvalue weighted by Crippen LogP contribution is 2.18. The molecule has 0 amide bonds. The molecule has 12 heavy (non-hydrogen) atoms. The average molecular weight is 204 g/mol. The molecule has 0 fully saturated rings. The van der Waals surface area contributed by atoms with Gasteiger partial charge in [0.15, 0.2) is 0 Å². The van der Waals surface area contributed by atoms with Crippen LogP contribution >= 0.6 is 22.9 Å². The molecular weight excluding hydrogens is 190 g/mol. The lowest BCUT2D eigenvalue weighted by Crippen LogP contribution is -2.03. The van der Waals surface area contributed by atoms with E-state index in [9.17, 15) is 0 Å². The zero-order chi connectivity index (χ0) is 8.97. The molecule has 1 aromatic rings. The van der Waals surface area contributed by atoms with Gasteiger partial charge in [0.05, 0.1) is 5.01 Å². The smallest absolute Gasteiger partial charge is 0.0896 e. The van der Waals surface area contributed by atoms with Crippen molar-refractivity contribution in [1.82, 2.24) is 4.98 Å². The van der Waals surface area contributed by atoms with Crippen LogP contribution < -0.4 is 0 Å². The Balaban J connectivity index is 2.50. The molecule has 0 aliphatic carbocycles. The Hall–Kier alpha value is -0.0800. The molecule has 0 aliphatic heterocycles. The van der Waals surface area contributed by atoms with Gasteiger partial charge in [-0.15, -0.1) is 22.9 Å². The Morgan fingerprint density at radius 1 is 1.67 bits per heavy atom. The lowest BCUT2D eigenvalue weighted by Gasteiger charge is -2.07. The standard InChI is InChI=1S/C9H14ClNS/c1-3-8(5-10)4-9-6-11-7(2)12-9/h6,8H,3-5H2,1-2H3. The number of aromatic nitrogens is 1. The highest BCUT2D eigenvalue weighted by molar-refractivity contribution is 7.11. The van der Waals surface area contributed by atoms with Crippen LogP contribution in [-0.2, 0) is 6.42 Å². The van der Waals surface area contributed by atoms with E-state index >= 15 is 0 Å². The molecule has 1 atom stereocenters. The molecule has 0 aromatic carbocycles. The first kappa shape index (κ1) is 10.0. The van der Waals surface area contributed by atoms with E-state index in [2.05, 4.69) is 11.9 Å². The summed E-state index contributed by atoms with van der Waals surface area (Å²) in [6.07, 6.45) is 4.21. The van der Waals surface area contributed by atoms with Crippen molar-refractivity contribution in [3.63, 3.8) is 0 Å². The first-order chi connectivity index (χ1) is 5.76. The summed E-state index contributed by atoms with van der Waals surface area (Å²) in [5.74, 6) is 1.37. The molecule has 1 unspecified atom stereocenters. The maximum atomic E-state index is 5.81. The number of aryl methyl sites for hydroxylation is 1. The molecule has 1 heterocycles. The van der Waals surface area contributed by atoms with Gasteiger partial charge in [-0.1, -0.05) is 13.3 Å². The zero-order valence-corrected chi connectivity index (χ0v) is 9.08. The third kappa shape index (κ3) is 2.76. The highest BCUT2D eigenvalue weighted by Gasteiger charge is 2.07. The third-order valence-corrected chi connectivity index (χ3v) is 3.33. The predicted octanol–water partition coefficient (Wildman–Crippen LogP) is 3.26. The number of rotatable bonds is 4. The molecule has 68 valence electrons. The molecule has 0 spiro atoms. The lowest BCUT2D eigenvalue weighted by molar-refractivity contribution is 0.571. The van der Waals surface area contributed by atoms with E-state index in [-0.39, 0.29) is 0 Å². The first-order valence-electron chi connectivity index (χ1n) is 4.23. The molecule has 0 radical (unpaired) electrons. The van der Waals surface area contributed by atoms with Crippen LogP contribution in [0.25, 0.3) is 0 Å². The van der Waals surface area contributed by atoms with Crippen molar-refractivity contribution in [3.8, 4) is 0 Å². The molecule has 3 heteroatoms. The van der Waals surface area contributed by atoms with Crippen LogP contribution in [0.3, 0.4) is 0 Å². The molecule has 0 aliphatic rings. The minimum atomic E-state index is 0.617. The van der Waals surface area contributed by atoms with Crippen molar-refractivity contribution in [2.45, 2.75) is 26.7 Å². The summed E-state index contributed by atoms with van der Waals surface area (Å²) in [5, 5.41) is 1.15. The third-order valence-electron chi connectivity index (χ3n) is 1.95. The number of hydrogen-bond acceptors (Lipinski definition) is 2. The summed E-state index contributed by atoms with van der Waals surface area (Å²) in [4.78, 5) is 5.57. The van der Waals surface area contributed by atoms with Gasteiger partial charge in [0.1, 0.15) is 0 Å². The Kier molecular flexibility index (Phi) is 4.02. The SMILES string of the molecule is CCC(CCl)Cc1cnc(C)s1. The minimum Gasteiger partial charge on any atom is -0.250 e. The van der Waals surface area contributed by atoms with E-state index in [1.54, 1.807) is 11.3 Å². The first-order valence-corrected chi connectivity index (χ1v) is 5.58. The summed E-state index contributed by atoms with van der Waals surface area (Å²) >= 11 is 7.59. The molecule has 0 N–H and O–H groups in total. The fourth-order valence-electron chi connectivity index (χ4n) is 1.09. The maximum absolute atomic E-state index is 5.81. The number of nitrogens with zero attached hydrogens (tertiary/aromatic N) is 1. The van der Waals surface area contributed by atoms with Gasteiger partial charge in [-0.2, -0.15) is 0 Å². The van der Waals surface area contributed by atoms with Crippen molar-refractivity contribution >= 4 is 22.9 Å². The van der Waals surface area contributed by atoms with Crippen LogP contribution in [0.15, 0.2) is 6.20 Å². The van der Waals surface area contributed by atoms with E-state index in [1.807, 2.05) is 13.1 Å². The van der Waals surface area contributed by atoms with Gasteiger partial charge < -0.3 is 0 Å². The number of halogens is 1. The summed E-state index contributed by atoms with van der Waals surface area (Å²) in [6, 6.07) is 0. The second-order valence-corrected chi connectivity index (χ2v) is 4.61. The summed E-state index contributed by atoms with van der Waals surface area (Å²) < 4.78 is 0. The lowest BCUT2D eigenvalue weighted by atomic mass is 10.0. The molecule has 1 nitrogen and oxygen atoms in total. The maximum Gasteiger partial charge on any atom is 0.0896 e. The van der Waals surface area contributed by atoms with Gasteiger partial charge in [-0.05, 0) is 19.3 Å². The molecule has 0 bridgehead atoms. The van der Waals surface area contributed by atoms with Crippen LogP contribution in [0.2, 0.25) is 0 Å². The van der Waals surface area contributed by atoms with Crippen LogP contribution in [0.4, 0.5) is 0 Å². The van der Waals surface area contributed by atoms with Crippen LogP contribution in [0.1, 0.15) is 23.2 Å². The van der Waals surface area contributed by atoms with Gasteiger partial charge in [0, 0.05) is 17.0 Å². The quantitative estimate of drug-likeness (QED) is 0.685. The normalized spacial score (nSPS) is 13.2. The highest BCUT2D eigenvalue weighted by atomic mass is 35.5. The van der Waals surface area contributed by atoms with Crippen molar-refractivity contribution < 1.29 is 0 Å². The Labute approximate surface area is 82.8 Å². The second-order valence-electron chi connectivity index (χ2n) is 2.98. The molecule has 1 rings (SSSR count). The van der Waals surface area contributed by atoms with E-state index in [0.29, 0.717) is 5.92 Å². The fourth-order valence-corrected chi connectivity index (χ4v) is 2.33. The number of thiazole rings is 1. The molecule has 0 saturated carbocycles. The van der Waals surface area contributed by atoms with E-state index in [4.69, 9.17) is 11.6 Å². The second kappa shape index (κ2) is 4.83. The van der Waals surface area contributed by atoms with Gasteiger partial charge in [-0.3, -0.25) is 0 Å². The average Bonchev–Trinajstić information content (AvgIpc) is 2.47. The van der Waals surface area contributed by atoms with E-state index < -0.39 is 0 Å². The summed E-state index contributed by atoms with van der Waals surface area (Å²) in [7, 11) is 0. The Morgan fingerprint density at radius 3 is 2.83 bits per heavy atom. The molecule has 0 saturated heterocycles. The van der Waals surface area contributed by atoms with Gasteiger partial charge >= 0.3 is 0 Å². The van der Waals surface area contributed by atoms with Crippen LogP contribution in [-0.4, -0.2) is 10.9 Å². The van der Waals surface area contributed by atoms with Crippen molar-refractivity contribution in [1.29, 1.82) is 0 Å². The number of hydrogen-bond donors (Lipinski definition) is 0. The summed E-state index contributed by atoms with van der Waals surface area (Å²) in [6.45, 7) is 4.22. The predicted molar refractivity (Wildman–Crippen MR) is 55.1 cm³/mol. The summed E-state index contributed by atoms with van der Waals surface area (Å²) in [5.41, 5.74) is 0. The van der Waals surface area contributed by atoms with Gasteiger partial charge in [-0.25, -0.2) is 4.98 Å². The zero-order valence-electron chi connectivity index (χ0n) is 7.51. The van der Waals surface area contributed by atoms with Crippen molar-refractivity contribution in [2.24, 2.45) is 5.92 Å². The van der Waals surface area contributed by atoms with Crippen molar-refractivity contribution in [2.75, 3.05) is 5.88 Å². The van der Waals surface area contributed by atoms with Crippen LogP contribution in [0.5, 0.6) is 0 Å². The van der Waals surface area contributed by atoms with E-state index in [0.717, 1.165) is 23.7 Å². The van der Waals surface area contributed by atoms with Crippen molar-refractivity contribution in [3.05, 3.63) is 16.1 Å². The Morgan fingerprint density at radius 2 is 2.42 bits per heavy atom. The van der Waals surface area contributed by atoms with Crippen LogP contribution in [0, 0.1) is 12.8 Å². The van der Waals surface area contributed by atoms with Gasteiger partial charge in [0.2, 0.25) is 0 Å². The fraction of sp³-hybridized carbons (Fsp3) is 0.667. The molecule has 1 aromatic heterocycles. The Bertz CT molecular complexity index is 230. The topological polar surface area (TPSA) is 12.9 Å².